The van der Waals surface area contributed by atoms with Gasteiger partial charge >= 0.3 is 0 Å². The Kier molecular flexibility index (Phi) is 4.21. The van der Waals surface area contributed by atoms with Crippen LogP contribution in [0.3, 0.4) is 0 Å². The minimum Gasteiger partial charge on any atom is -0.383 e. The molecule has 0 aromatic heterocycles. The molecule has 17 heavy (non-hydrogen) atoms. The van der Waals surface area contributed by atoms with Gasteiger partial charge in [-0.05, 0) is 30.9 Å². The van der Waals surface area contributed by atoms with Crippen LogP contribution in [0.15, 0.2) is 36.5 Å². The molecule has 0 spiro atoms. The van der Waals surface area contributed by atoms with Crippen molar-refractivity contribution in [2.75, 3.05) is 20.3 Å². The lowest BCUT2D eigenvalue weighted by Crippen LogP contribution is -2.28. The molecule has 0 aliphatic carbocycles. The summed E-state index contributed by atoms with van der Waals surface area (Å²) in [5.41, 5.74) is 2.63. The van der Waals surface area contributed by atoms with E-state index in [2.05, 4.69) is 48.4 Å². The molecule has 2 nitrogen and oxygen atoms in total. The molecule has 0 unspecified atom stereocenters. The van der Waals surface area contributed by atoms with Crippen molar-refractivity contribution in [1.29, 1.82) is 0 Å². The molecule has 0 N–H and O–H groups in total. The molecule has 0 bridgehead atoms. The number of nitrogens with zero attached hydrogens (tertiary/aromatic N) is 1. The average Bonchev–Trinajstić information content (AvgIpc) is 2.78. The fraction of sp³-hybridized carbons (Fsp3) is 0.467. The quantitative estimate of drug-likeness (QED) is 0.789. The number of allylic oxidation sites excluding steroid dienone is 1. The second-order valence-corrected chi connectivity index (χ2v) is 4.67. The second-order valence-electron chi connectivity index (χ2n) is 4.67. The number of benzene rings is 1. The van der Waals surface area contributed by atoms with Gasteiger partial charge in [-0.3, -0.25) is 0 Å². The highest BCUT2D eigenvalue weighted by Gasteiger charge is 2.21. The van der Waals surface area contributed by atoms with Crippen LogP contribution in [0.25, 0.3) is 5.57 Å². The fourth-order valence-electron chi connectivity index (χ4n) is 2.42. The van der Waals surface area contributed by atoms with E-state index in [1.54, 1.807) is 7.11 Å². The molecule has 0 radical (unpaired) electrons. The van der Waals surface area contributed by atoms with Gasteiger partial charge in [-0.2, -0.15) is 0 Å². The maximum absolute atomic E-state index is 5.27. The summed E-state index contributed by atoms with van der Waals surface area (Å²) in [6.07, 6.45) is 4.80. The second kappa shape index (κ2) is 5.87. The van der Waals surface area contributed by atoms with Crippen LogP contribution in [0.5, 0.6) is 0 Å². The van der Waals surface area contributed by atoms with Crippen LogP contribution in [0, 0.1) is 0 Å². The molecular weight excluding hydrogens is 210 g/mol. The Bertz CT molecular complexity index is 372. The van der Waals surface area contributed by atoms with E-state index in [-0.39, 0.29) is 0 Å². The summed E-state index contributed by atoms with van der Waals surface area (Å²) in [5.74, 6) is 0. The van der Waals surface area contributed by atoms with E-state index < -0.39 is 0 Å². The topological polar surface area (TPSA) is 12.5 Å². The van der Waals surface area contributed by atoms with Crippen molar-refractivity contribution in [3.8, 4) is 0 Å². The van der Waals surface area contributed by atoms with E-state index in [1.165, 1.54) is 24.0 Å². The summed E-state index contributed by atoms with van der Waals surface area (Å²) >= 11 is 0. The summed E-state index contributed by atoms with van der Waals surface area (Å²) in [4.78, 5) is 2.42. The number of hydrogen-bond acceptors (Lipinski definition) is 2. The molecule has 1 aromatic carbocycles. The van der Waals surface area contributed by atoms with Crippen LogP contribution >= 0.6 is 0 Å². The molecule has 2 heteroatoms. The SMILES string of the molecule is COC[C@@H]1CCCN1/C=C(\C)c1ccccc1. The van der Waals surface area contributed by atoms with E-state index in [4.69, 9.17) is 4.74 Å². The lowest BCUT2D eigenvalue weighted by Gasteiger charge is -2.23. The molecular formula is C15H21NO. The predicted octanol–water partition coefficient (Wildman–Crippen LogP) is 3.16. The highest BCUT2D eigenvalue weighted by atomic mass is 16.5. The Morgan fingerprint density at radius 3 is 2.88 bits per heavy atom. The van der Waals surface area contributed by atoms with Crippen LogP contribution in [0.2, 0.25) is 0 Å². The largest absolute Gasteiger partial charge is 0.383 e. The number of likely N-dealkylation sites (tertiary alicyclic amines) is 1. The van der Waals surface area contributed by atoms with Gasteiger partial charge in [0.1, 0.15) is 0 Å². The van der Waals surface area contributed by atoms with Gasteiger partial charge in [-0.25, -0.2) is 0 Å². The minimum atomic E-state index is 0.554. The van der Waals surface area contributed by atoms with Crippen LogP contribution < -0.4 is 0 Å². The first kappa shape index (κ1) is 12.2. The van der Waals surface area contributed by atoms with Crippen molar-refractivity contribution in [3.63, 3.8) is 0 Å². The van der Waals surface area contributed by atoms with Crippen molar-refractivity contribution in [1.82, 2.24) is 4.90 Å². The molecule has 0 amide bonds. The molecule has 1 heterocycles. The first-order valence-corrected chi connectivity index (χ1v) is 6.30. The van der Waals surface area contributed by atoms with Gasteiger partial charge < -0.3 is 9.64 Å². The molecule has 1 fully saturated rings. The summed E-state index contributed by atoms with van der Waals surface area (Å²) < 4.78 is 5.27. The Labute approximate surface area is 104 Å². The van der Waals surface area contributed by atoms with Gasteiger partial charge in [0.25, 0.3) is 0 Å². The summed E-state index contributed by atoms with van der Waals surface area (Å²) in [7, 11) is 1.78. The Morgan fingerprint density at radius 1 is 1.41 bits per heavy atom. The van der Waals surface area contributed by atoms with Crippen LogP contribution in [0.1, 0.15) is 25.3 Å². The number of rotatable bonds is 4. The third kappa shape index (κ3) is 3.10. The lowest BCUT2D eigenvalue weighted by atomic mass is 10.1. The van der Waals surface area contributed by atoms with Crippen LogP contribution in [-0.2, 0) is 4.74 Å². The van der Waals surface area contributed by atoms with Crippen molar-refractivity contribution in [2.45, 2.75) is 25.8 Å². The maximum atomic E-state index is 5.27. The zero-order valence-electron chi connectivity index (χ0n) is 10.7. The van der Waals surface area contributed by atoms with Gasteiger partial charge in [-0.1, -0.05) is 30.3 Å². The number of methoxy groups -OCH3 is 1. The molecule has 1 aliphatic heterocycles. The minimum absolute atomic E-state index is 0.554. The fourth-order valence-corrected chi connectivity index (χ4v) is 2.42. The molecule has 1 aliphatic rings. The predicted molar refractivity (Wildman–Crippen MR) is 71.7 cm³/mol. The molecule has 1 atom stereocenters. The third-order valence-corrected chi connectivity index (χ3v) is 3.37. The smallest absolute Gasteiger partial charge is 0.0666 e. The van der Waals surface area contributed by atoms with Gasteiger partial charge in [0.05, 0.1) is 12.6 Å². The van der Waals surface area contributed by atoms with E-state index in [1.807, 2.05) is 0 Å². The molecule has 1 saturated heterocycles. The molecule has 2 rings (SSSR count). The average molecular weight is 231 g/mol. The highest BCUT2D eigenvalue weighted by Crippen LogP contribution is 2.21. The lowest BCUT2D eigenvalue weighted by molar-refractivity contribution is 0.138. The van der Waals surface area contributed by atoms with Crippen LogP contribution in [0.4, 0.5) is 0 Å². The van der Waals surface area contributed by atoms with Gasteiger partial charge in [0, 0.05) is 19.9 Å². The summed E-state index contributed by atoms with van der Waals surface area (Å²) in [6.45, 7) is 4.16. The summed E-state index contributed by atoms with van der Waals surface area (Å²) in [6, 6.07) is 11.1. The first-order chi connectivity index (χ1) is 8.31. The zero-order valence-corrected chi connectivity index (χ0v) is 10.7. The molecule has 1 aromatic rings. The van der Waals surface area contributed by atoms with Crippen LogP contribution in [-0.4, -0.2) is 31.2 Å². The Morgan fingerprint density at radius 2 is 2.18 bits per heavy atom. The van der Waals surface area contributed by atoms with Gasteiger partial charge in [0.2, 0.25) is 0 Å². The maximum Gasteiger partial charge on any atom is 0.0666 e. The van der Waals surface area contributed by atoms with E-state index in [0.29, 0.717) is 6.04 Å². The Hall–Kier alpha value is -1.28. The molecule has 0 saturated carbocycles. The van der Waals surface area contributed by atoms with Crippen molar-refractivity contribution < 1.29 is 4.74 Å². The number of hydrogen-bond donors (Lipinski definition) is 0. The van der Waals surface area contributed by atoms with Gasteiger partial charge in [-0.15, -0.1) is 0 Å². The van der Waals surface area contributed by atoms with Crippen molar-refractivity contribution in [2.24, 2.45) is 0 Å². The van der Waals surface area contributed by atoms with E-state index in [9.17, 15) is 0 Å². The van der Waals surface area contributed by atoms with E-state index in [0.717, 1.165) is 13.2 Å². The van der Waals surface area contributed by atoms with E-state index >= 15 is 0 Å². The van der Waals surface area contributed by atoms with Crippen molar-refractivity contribution in [3.05, 3.63) is 42.1 Å². The summed E-state index contributed by atoms with van der Waals surface area (Å²) in [5, 5.41) is 0. The van der Waals surface area contributed by atoms with Gasteiger partial charge in [0.15, 0.2) is 0 Å². The number of ether oxygens (including phenoxy) is 1. The molecule has 92 valence electrons. The van der Waals surface area contributed by atoms with Crippen molar-refractivity contribution >= 4 is 5.57 Å². The first-order valence-electron chi connectivity index (χ1n) is 6.30. The monoisotopic (exact) mass is 231 g/mol. The zero-order chi connectivity index (χ0) is 12.1. The normalized spacial score (nSPS) is 20.9. The standard InChI is InChI=1S/C15H21NO/c1-13(14-7-4-3-5-8-14)11-16-10-6-9-15(16)12-17-2/h3-5,7-8,11,15H,6,9-10,12H2,1-2H3/b13-11+/t15-/m0/s1. The Balaban J connectivity index is 2.08. The highest BCUT2D eigenvalue weighted by molar-refractivity contribution is 5.63. The third-order valence-electron chi connectivity index (χ3n) is 3.37.